The van der Waals surface area contributed by atoms with Gasteiger partial charge in [0.1, 0.15) is 0 Å². The number of rotatable bonds is 4. The van der Waals surface area contributed by atoms with Gasteiger partial charge in [0, 0.05) is 13.1 Å². The van der Waals surface area contributed by atoms with Crippen LogP contribution in [0.25, 0.3) is 0 Å². The number of nitrogens with zero attached hydrogens (tertiary/aromatic N) is 2. The van der Waals surface area contributed by atoms with E-state index in [1.165, 1.54) is 12.8 Å². The van der Waals surface area contributed by atoms with E-state index in [1.807, 2.05) is 12.1 Å². The largest absolute Gasteiger partial charge is 0.397 e. The fraction of sp³-hybridized carbons (Fsp3) is 0.462. The quantitative estimate of drug-likeness (QED) is 0.784. The predicted molar refractivity (Wildman–Crippen MR) is 66.2 cm³/mol. The third kappa shape index (κ3) is 2.27. The molecule has 0 saturated heterocycles. The van der Waals surface area contributed by atoms with Crippen LogP contribution in [0, 0.1) is 17.2 Å². The van der Waals surface area contributed by atoms with Gasteiger partial charge in [0.2, 0.25) is 0 Å². The highest BCUT2D eigenvalue weighted by Crippen LogP contribution is 2.33. The van der Waals surface area contributed by atoms with Crippen LogP contribution in [-0.2, 0) is 0 Å². The van der Waals surface area contributed by atoms with E-state index in [4.69, 9.17) is 11.0 Å². The van der Waals surface area contributed by atoms with Crippen molar-refractivity contribution in [3.05, 3.63) is 23.8 Å². The summed E-state index contributed by atoms with van der Waals surface area (Å²) in [5.74, 6) is 0.843. The van der Waals surface area contributed by atoms with Crippen LogP contribution >= 0.6 is 0 Å². The topological polar surface area (TPSA) is 53.0 Å². The summed E-state index contributed by atoms with van der Waals surface area (Å²) < 4.78 is 0. The summed E-state index contributed by atoms with van der Waals surface area (Å²) in [7, 11) is 0. The maximum absolute atomic E-state index is 8.78. The number of nitriles is 1. The summed E-state index contributed by atoms with van der Waals surface area (Å²) in [5.41, 5.74) is 8.38. The van der Waals surface area contributed by atoms with E-state index in [9.17, 15) is 0 Å². The molecule has 84 valence electrons. The van der Waals surface area contributed by atoms with Gasteiger partial charge in [-0.1, -0.05) is 0 Å². The van der Waals surface area contributed by atoms with Crippen molar-refractivity contribution in [2.24, 2.45) is 5.92 Å². The first-order valence-corrected chi connectivity index (χ1v) is 5.79. The number of hydrogen-bond acceptors (Lipinski definition) is 3. The zero-order valence-electron chi connectivity index (χ0n) is 9.61. The Labute approximate surface area is 96.5 Å². The van der Waals surface area contributed by atoms with Crippen LogP contribution in [0.15, 0.2) is 18.2 Å². The van der Waals surface area contributed by atoms with Crippen molar-refractivity contribution >= 4 is 11.4 Å². The standard InChI is InChI=1S/C13H17N3/c1-2-16(9-10-3-4-10)13-6-5-11(8-14)7-12(13)15/h5-7,10H,2-4,9,15H2,1H3. The van der Waals surface area contributed by atoms with Crippen LogP contribution in [-0.4, -0.2) is 13.1 Å². The maximum atomic E-state index is 8.78. The molecule has 1 saturated carbocycles. The first-order valence-electron chi connectivity index (χ1n) is 5.79. The van der Waals surface area contributed by atoms with Crippen molar-refractivity contribution in [2.45, 2.75) is 19.8 Å². The Morgan fingerprint density at radius 3 is 2.75 bits per heavy atom. The van der Waals surface area contributed by atoms with E-state index in [0.29, 0.717) is 11.3 Å². The zero-order chi connectivity index (χ0) is 11.5. The second-order valence-electron chi connectivity index (χ2n) is 4.37. The molecule has 1 aromatic rings. The van der Waals surface area contributed by atoms with E-state index >= 15 is 0 Å². The van der Waals surface area contributed by atoms with Gasteiger partial charge >= 0.3 is 0 Å². The highest BCUT2D eigenvalue weighted by molar-refractivity contribution is 5.69. The van der Waals surface area contributed by atoms with E-state index in [2.05, 4.69) is 17.9 Å². The second kappa shape index (κ2) is 4.44. The minimum absolute atomic E-state index is 0.628. The molecule has 2 rings (SSSR count). The molecule has 0 aromatic heterocycles. The van der Waals surface area contributed by atoms with Gasteiger partial charge in [-0.15, -0.1) is 0 Å². The molecule has 0 bridgehead atoms. The number of benzene rings is 1. The average molecular weight is 215 g/mol. The normalized spacial score (nSPS) is 14.5. The number of nitrogen functional groups attached to an aromatic ring is 1. The minimum atomic E-state index is 0.628. The Hall–Kier alpha value is -1.69. The highest BCUT2D eigenvalue weighted by atomic mass is 15.1. The molecule has 0 amide bonds. The summed E-state index contributed by atoms with van der Waals surface area (Å²) in [5, 5.41) is 8.78. The molecule has 2 N–H and O–H groups in total. The lowest BCUT2D eigenvalue weighted by Gasteiger charge is -2.24. The van der Waals surface area contributed by atoms with Gasteiger partial charge in [-0.3, -0.25) is 0 Å². The van der Waals surface area contributed by atoms with Gasteiger partial charge in [0.25, 0.3) is 0 Å². The molecular weight excluding hydrogens is 198 g/mol. The maximum Gasteiger partial charge on any atom is 0.0992 e. The monoisotopic (exact) mass is 215 g/mol. The number of hydrogen-bond donors (Lipinski definition) is 1. The first-order chi connectivity index (χ1) is 7.74. The Kier molecular flexibility index (Phi) is 3.00. The van der Waals surface area contributed by atoms with Crippen LogP contribution in [0.1, 0.15) is 25.3 Å². The SMILES string of the molecule is CCN(CC1CC1)c1ccc(C#N)cc1N. The molecule has 1 aliphatic rings. The first kappa shape index (κ1) is 10.8. The summed E-state index contributed by atoms with van der Waals surface area (Å²) >= 11 is 0. The molecule has 1 aliphatic carbocycles. The van der Waals surface area contributed by atoms with Gasteiger partial charge in [-0.05, 0) is 43.9 Å². The average Bonchev–Trinajstić information content (AvgIpc) is 3.10. The smallest absolute Gasteiger partial charge is 0.0992 e. The molecular formula is C13H17N3. The van der Waals surface area contributed by atoms with E-state index in [0.717, 1.165) is 24.7 Å². The minimum Gasteiger partial charge on any atom is -0.397 e. The van der Waals surface area contributed by atoms with Gasteiger partial charge in [0.15, 0.2) is 0 Å². The van der Waals surface area contributed by atoms with Crippen molar-refractivity contribution in [3.63, 3.8) is 0 Å². The van der Waals surface area contributed by atoms with Crippen LogP contribution in [0.2, 0.25) is 0 Å². The Morgan fingerprint density at radius 2 is 2.25 bits per heavy atom. The van der Waals surface area contributed by atoms with Crippen molar-refractivity contribution < 1.29 is 0 Å². The lowest BCUT2D eigenvalue weighted by molar-refractivity contribution is 0.743. The Balaban J connectivity index is 2.20. The molecule has 0 radical (unpaired) electrons. The predicted octanol–water partition coefficient (Wildman–Crippen LogP) is 2.38. The van der Waals surface area contributed by atoms with Crippen molar-refractivity contribution in [2.75, 3.05) is 23.7 Å². The molecule has 0 aliphatic heterocycles. The third-order valence-corrected chi connectivity index (χ3v) is 3.05. The summed E-state index contributed by atoms with van der Waals surface area (Å²) in [4.78, 5) is 2.30. The third-order valence-electron chi connectivity index (χ3n) is 3.05. The summed E-state index contributed by atoms with van der Waals surface area (Å²) in [6.07, 6.45) is 2.68. The summed E-state index contributed by atoms with van der Waals surface area (Å²) in [6.45, 7) is 4.19. The fourth-order valence-corrected chi connectivity index (χ4v) is 1.92. The number of nitrogens with two attached hydrogens (primary N) is 1. The van der Waals surface area contributed by atoms with Crippen LogP contribution < -0.4 is 10.6 Å². The molecule has 0 atom stereocenters. The van der Waals surface area contributed by atoms with Gasteiger partial charge < -0.3 is 10.6 Å². The molecule has 16 heavy (non-hydrogen) atoms. The number of anilines is 2. The van der Waals surface area contributed by atoms with Crippen molar-refractivity contribution in [3.8, 4) is 6.07 Å². The van der Waals surface area contributed by atoms with Gasteiger partial charge in [-0.25, -0.2) is 0 Å². The van der Waals surface area contributed by atoms with Gasteiger partial charge in [0.05, 0.1) is 23.0 Å². The van der Waals surface area contributed by atoms with Crippen LogP contribution in [0.3, 0.4) is 0 Å². The highest BCUT2D eigenvalue weighted by Gasteiger charge is 2.24. The molecule has 3 nitrogen and oxygen atoms in total. The molecule has 0 spiro atoms. The van der Waals surface area contributed by atoms with E-state index in [-0.39, 0.29) is 0 Å². The summed E-state index contributed by atoms with van der Waals surface area (Å²) in [6, 6.07) is 7.65. The lowest BCUT2D eigenvalue weighted by Crippen LogP contribution is -2.26. The molecule has 0 unspecified atom stereocenters. The molecule has 3 heteroatoms. The van der Waals surface area contributed by atoms with Crippen LogP contribution in [0.4, 0.5) is 11.4 Å². The Morgan fingerprint density at radius 1 is 1.50 bits per heavy atom. The van der Waals surface area contributed by atoms with Crippen molar-refractivity contribution in [1.29, 1.82) is 5.26 Å². The van der Waals surface area contributed by atoms with Crippen LogP contribution in [0.5, 0.6) is 0 Å². The lowest BCUT2D eigenvalue weighted by atomic mass is 10.1. The van der Waals surface area contributed by atoms with Gasteiger partial charge in [-0.2, -0.15) is 5.26 Å². The molecule has 0 heterocycles. The van der Waals surface area contributed by atoms with Crippen molar-refractivity contribution in [1.82, 2.24) is 0 Å². The van der Waals surface area contributed by atoms with E-state index in [1.54, 1.807) is 6.07 Å². The fourth-order valence-electron chi connectivity index (χ4n) is 1.92. The second-order valence-corrected chi connectivity index (χ2v) is 4.37. The molecule has 1 aromatic carbocycles. The molecule has 1 fully saturated rings. The zero-order valence-corrected chi connectivity index (χ0v) is 9.61. The Bertz CT molecular complexity index is 416. The van der Waals surface area contributed by atoms with E-state index < -0.39 is 0 Å².